The van der Waals surface area contributed by atoms with Crippen molar-refractivity contribution in [2.45, 2.75) is 210 Å². The van der Waals surface area contributed by atoms with Gasteiger partial charge in [0.2, 0.25) is 0 Å². The average Bonchev–Trinajstić information content (AvgIpc) is 3.73. The Labute approximate surface area is 370 Å². The van der Waals surface area contributed by atoms with Crippen molar-refractivity contribution in [3.05, 3.63) is 11.6 Å². The van der Waals surface area contributed by atoms with Crippen molar-refractivity contribution >= 4 is 6.29 Å². The number of hydrogen-bond donors (Lipinski definition) is 9. The molecule has 8 fully saturated rings. The van der Waals surface area contributed by atoms with E-state index in [1.54, 1.807) is 0 Å². The molecule has 63 heavy (non-hydrogen) atoms. The van der Waals surface area contributed by atoms with Crippen molar-refractivity contribution in [1.82, 2.24) is 0 Å². The lowest BCUT2D eigenvalue weighted by Gasteiger charge is -2.69. The predicted octanol–water partition coefficient (Wildman–Crippen LogP) is 0.794. The molecule has 8 rings (SSSR count). The molecule has 0 radical (unpaired) electrons. The second kappa shape index (κ2) is 17.4. The lowest BCUT2D eigenvalue weighted by Crippen LogP contribution is -2.67. The van der Waals surface area contributed by atoms with Crippen LogP contribution in [0.3, 0.4) is 0 Å². The lowest BCUT2D eigenvalue weighted by atomic mass is 9.35. The molecular formula is C46H74O17. The Kier molecular flexibility index (Phi) is 13.3. The van der Waals surface area contributed by atoms with Gasteiger partial charge in [-0.05, 0) is 112 Å². The monoisotopic (exact) mass is 898 g/mol. The molecule has 4 heterocycles. The second-order valence-electron chi connectivity index (χ2n) is 21.9. The number of aliphatic hydroxyl groups is 9. The Morgan fingerprint density at radius 2 is 1.29 bits per heavy atom. The fourth-order valence-electron chi connectivity index (χ4n) is 14.5. The molecule has 24 atom stereocenters. The van der Waals surface area contributed by atoms with E-state index in [4.69, 9.17) is 33.2 Å². The number of ether oxygens (including phenoxy) is 7. The number of carbonyl (C=O) groups is 1. The van der Waals surface area contributed by atoms with E-state index in [1.807, 2.05) is 19.9 Å². The van der Waals surface area contributed by atoms with E-state index >= 15 is 0 Å². The summed E-state index contributed by atoms with van der Waals surface area (Å²) in [6.07, 6.45) is -11.7. The van der Waals surface area contributed by atoms with E-state index in [1.165, 1.54) is 13.2 Å². The van der Waals surface area contributed by atoms with Crippen molar-refractivity contribution in [1.29, 1.82) is 0 Å². The van der Waals surface area contributed by atoms with Gasteiger partial charge in [0.05, 0.1) is 31.5 Å². The van der Waals surface area contributed by atoms with Crippen LogP contribution in [0, 0.1) is 45.3 Å². The van der Waals surface area contributed by atoms with Gasteiger partial charge in [-0.2, -0.15) is 0 Å². The van der Waals surface area contributed by atoms with Crippen LogP contribution in [0.4, 0.5) is 0 Å². The lowest BCUT2D eigenvalue weighted by molar-refractivity contribution is -0.383. The van der Waals surface area contributed by atoms with Crippen LogP contribution in [0.15, 0.2) is 11.6 Å². The van der Waals surface area contributed by atoms with E-state index in [0.717, 1.165) is 44.1 Å². The summed E-state index contributed by atoms with van der Waals surface area (Å²) in [5, 5.41) is 98.1. The largest absolute Gasteiger partial charge is 0.388 e. The number of allylic oxidation sites excluding steroid dienone is 1. The second-order valence-corrected chi connectivity index (χ2v) is 21.9. The fraction of sp³-hybridized carbons (Fsp3) is 0.935. The molecule has 0 aromatic heterocycles. The molecule has 4 saturated carbocycles. The number of fused-ring (bicyclic) bond motifs is 5. The van der Waals surface area contributed by atoms with Crippen LogP contribution in [0.5, 0.6) is 0 Å². The van der Waals surface area contributed by atoms with Crippen LogP contribution < -0.4 is 0 Å². The van der Waals surface area contributed by atoms with Gasteiger partial charge >= 0.3 is 0 Å². The Morgan fingerprint density at radius 3 is 1.98 bits per heavy atom. The molecule has 0 aromatic rings. The minimum atomic E-state index is -1.73. The first-order chi connectivity index (χ1) is 29.5. The molecule has 3 unspecified atom stereocenters. The van der Waals surface area contributed by atoms with Gasteiger partial charge in [0.15, 0.2) is 25.2 Å². The van der Waals surface area contributed by atoms with Gasteiger partial charge in [0.25, 0.3) is 0 Å². The Hall–Kier alpha value is -1.23. The molecule has 8 aliphatic rings. The smallest absolute Gasteiger partial charge is 0.187 e. The third kappa shape index (κ3) is 7.73. The maximum atomic E-state index is 13.9. The number of hydrogen-bond acceptors (Lipinski definition) is 17. The minimum Gasteiger partial charge on any atom is -0.388 e. The zero-order valence-electron chi connectivity index (χ0n) is 37.8. The van der Waals surface area contributed by atoms with Crippen LogP contribution in [0.25, 0.3) is 0 Å². The number of rotatable bonds is 9. The molecule has 360 valence electrons. The molecule has 17 heteroatoms. The molecule has 4 aliphatic carbocycles. The van der Waals surface area contributed by atoms with Crippen LogP contribution >= 0.6 is 0 Å². The molecule has 0 amide bonds. The average molecular weight is 899 g/mol. The first-order valence-corrected chi connectivity index (χ1v) is 23.3. The molecule has 0 spiro atoms. The van der Waals surface area contributed by atoms with Crippen molar-refractivity contribution < 1.29 is 83.9 Å². The van der Waals surface area contributed by atoms with Gasteiger partial charge in [-0.1, -0.05) is 39.3 Å². The minimum absolute atomic E-state index is 0.0544. The summed E-state index contributed by atoms with van der Waals surface area (Å²) in [7, 11) is 0. The molecule has 0 aromatic carbocycles. The van der Waals surface area contributed by atoms with E-state index < -0.39 is 109 Å². The van der Waals surface area contributed by atoms with Crippen LogP contribution in [0.1, 0.15) is 106 Å². The summed E-state index contributed by atoms with van der Waals surface area (Å²) in [4.78, 5) is 13.9. The molecule has 4 saturated heterocycles. The van der Waals surface area contributed by atoms with E-state index in [-0.39, 0.29) is 53.8 Å². The topological polar surface area (TPSA) is 264 Å². The maximum absolute atomic E-state index is 13.9. The predicted molar refractivity (Wildman–Crippen MR) is 220 cm³/mol. The van der Waals surface area contributed by atoms with Crippen molar-refractivity contribution in [3.63, 3.8) is 0 Å². The SMILES string of the molecule is CC(C)=CC1CC(O)([C@H]2CC[C@]3(C)[C@@H]2CC[C@@H]2[C@@]4(C=O)CC[C@H](O[C@@H]5OC[C@H](O)[C@H](O[C@@H]6OC[C@@H](O)[C@H](O)[C@H]6O)[C@H]5O[C@@H]5O[C@@H](C)[C@H](O)[C@@H](O)[C@H]5O)C(C)(C)[C@@H]4CC[C@]23C)C(O)O1. The highest BCUT2D eigenvalue weighted by Crippen LogP contribution is 2.76. The summed E-state index contributed by atoms with van der Waals surface area (Å²) < 4.78 is 42.7. The van der Waals surface area contributed by atoms with Gasteiger partial charge in [-0.15, -0.1) is 0 Å². The highest BCUT2D eigenvalue weighted by molar-refractivity contribution is 5.62. The van der Waals surface area contributed by atoms with E-state index in [2.05, 4.69) is 27.7 Å². The van der Waals surface area contributed by atoms with Crippen molar-refractivity contribution in [2.24, 2.45) is 45.3 Å². The van der Waals surface area contributed by atoms with Gasteiger partial charge < -0.3 is 83.9 Å². The Morgan fingerprint density at radius 1 is 0.635 bits per heavy atom. The third-order valence-electron chi connectivity index (χ3n) is 18.1. The molecule has 0 bridgehead atoms. The zero-order chi connectivity index (χ0) is 45.8. The highest BCUT2D eigenvalue weighted by atomic mass is 16.8. The van der Waals surface area contributed by atoms with E-state index in [9.17, 15) is 50.8 Å². The number of aldehydes is 1. The van der Waals surface area contributed by atoms with E-state index in [0.29, 0.717) is 19.3 Å². The van der Waals surface area contributed by atoms with Gasteiger partial charge in [0.1, 0.15) is 66.8 Å². The molecule has 9 N–H and O–H groups in total. The van der Waals surface area contributed by atoms with Gasteiger partial charge in [-0.3, -0.25) is 0 Å². The molecule has 17 nitrogen and oxygen atoms in total. The van der Waals surface area contributed by atoms with Crippen LogP contribution in [-0.2, 0) is 38.0 Å². The highest BCUT2D eigenvalue weighted by Gasteiger charge is 2.72. The van der Waals surface area contributed by atoms with Crippen molar-refractivity contribution in [3.8, 4) is 0 Å². The quantitative estimate of drug-likeness (QED) is 0.0881. The standard InChI is InChI=1S/C46H74O17/c1-21(2)16-23-17-46(56,41(55)60-23)25-10-13-43(6)24(25)8-9-29-44(43,7)14-11-28-42(4,5)30(12-15-45(28,29)20-47)61-40-37(63-39-35(54)33(52)31(50)22(3)59-39)36(27(49)19-58-40)62-38-34(53)32(51)26(48)18-57-38/h16,20,22-41,48-56H,8-15,17-19H2,1-7H3/t22-,23?,24+,25-,26+,27-,28-,29-,30-,31-,32-,33+,34+,35+,36-,37+,38-,39-,40-,41?,43+,44+,45+,46?/m0/s1. The number of carbonyl (C=O) groups excluding carboxylic acids is 1. The molecular weight excluding hydrogens is 824 g/mol. The summed E-state index contributed by atoms with van der Waals surface area (Å²) in [5.41, 5.74) is -2.02. The Balaban J connectivity index is 1.04. The van der Waals surface area contributed by atoms with Crippen LogP contribution in [0.2, 0.25) is 0 Å². The first kappa shape index (κ1) is 48.2. The first-order valence-electron chi connectivity index (χ1n) is 23.3. The zero-order valence-corrected chi connectivity index (χ0v) is 37.8. The van der Waals surface area contributed by atoms with Gasteiger partial charge in [-0.25, -0.2) is 0 Å². The normalized spacial score (nSPS) is 55.6. The summed E-state index contributed by atoms with van der Waals surface area (Å²) in [5.74, 6) is -0.0527. The van der Waals surface area contributed by atoms with Crippen LogP contribution in [-0.4, -0.2) is 169 Å². The fourth-order valence-corrected chi connectivity index (χ4v) is 14.5. The molecule has 4 aliphatic heterocycles. The summed E-state index contributed by atoms with van der Waals surface area (Å²) in [6.45, 7) is 13.7. The maximum Gasteiger partial charge on any atom is 0.187 e. The van der Waals surface area contributed by atoms with Gasteiger partial charge in [0, 0.05) is 11.8 Å². The summed E-state index contributed by atoms with van der Waals surface area (Å²) >= 11 is 0. The Bertz CT molecular complexity index is 1680. The third-order valence-corrected chi connectivity index (χ3v) is 18.1. The summed E-state index contributed by atoms with van der Waals surface area (Å²) in [6, 6.07) is 0. The van der Waals surface area contributed by atoms with Crippen molar-refractivity contribution in [2.75, 3.05) is 13.2 Å². The number of aliphatic hydroxyl groups excluding tert-OH is 8.